The Morgan fingerprint density at radius 1 is 1.26 bits per heavy atom. The van der Waals surface area contributed by atoms with Gasteiger partial charge in [0.05, 0.1) is 5.52 Å². The largest absolute Gasteiger partial charge is 0.348 e. The molecule has 1 saturated heterocycles. The molecule has 1 aliphatic heterocycles. The molecule has 0 spiro atoms. The number of amides is 1. The third-order valence-electron chi connectivity index (χ3n) is 4.99. The van der Waals surface area contributed by atoms with Crippen LogP contribution >= 0.6 is 15.9 Å². The van der Waals surface area contributed by atoms with Gasteiger partial charge in [-0.2, -0.15) is 5.10 Å². The smallest absolute Gasteiger partial charge is 0.272 e. The SMILES string of the molecule is Cc1cc(C(=O)NC2CCN(c3ncc4cc(Br)ccc4n3)CC2)nn1C. The monoisotopic (exact) mass is 428 g/mol. The molecule has 0 radical (unpaired) electrons. The Morgan fingerprint density at radius 2 is 2.04 bits per heavy atom. The molecule has 3 aromatic rings. The van der Waals surface area contributed by atoms with Crippen LogP contribution in [0.5, 0.6) is 0 Å². The summed E-state index contributed by atoms with van der Waals surface area (Å²) in [6.45, 7) is 3.56. The van der Waals surface area contributed by atoms with Gasteiger partial charge in [-0.1, -0.05) is 15.9 Å². The molecule has 8 heteroatoms. The second-order valence-electron chi connectivity index (χ2n) is 6.90. The summed E-state index contributed by atoms with van der Waals surface area (Å²) in [7, 11) is 1.84. The van der Waals surface area contributed by atoms with Crippen LogP contribution in [0.25, 0.3) is 10.9 Å². The van der Waals surface area contributed by atoms with E-state index in [1.165, 1.54) is 0 Å². The summed E-state index contributed by atoms with van der Waals surface area (Å²) in [5, 5.41) is 8.36. The Balaban J connectivity index is 1.38. The van der Waals surface area contributed by atoms with Gasteiger partial charge in [-0.3, -0.25) is 9.48 Å². The van der Waals surface area contributed by atoms with E-state index in [1.807, 2.05) is 44.4 Å². The maximum absolute atomic E-state index is 12.4. The first kappa shape index (κ1) is 17.9. The van der Waals surface area contributed by atoms with E-state index in [1.54, 1.807) is 4.68 Å². The lowest BCUT2D eigenvalue weighted by Crippen LogP contribution is -2.45. The maximum Gasteiger partial charge on any atom is 0.272 e. The number of aryl methyl sites for hydroxylation is 2. The number of aromatic nitrogens is 4. The van der Waals surface area contributed by atoms with Crippen molar-refractivity contribution in [3.05, 3.63) is 46.3 Å². The van der Waals surface area contributed by atoms with Gasteiger partial charge in [0.1, 0.15) is 5.69 Å². The highest BCUT2D eigenvalue weighted by atomic mass is 79.9. The van der Waals surface area contributed by atoms with Crippen LogP contribution in [0.1, 0.15) is 29.0 Å². The first-order valence-electron chi connectivity index (χ1n) is 8.98. The van der Waals surface area contributed by atoms with Crippen molar-refractivity contribution in [1.82, 2.24) is 25.1 Å². The number of nitrogens with one attached hydrogen (secondary N) is 1. The van der Waals surface area contributed by atoms with Gasteiger partial charge in [-0.05, 0) is 44.0 Å². The molecule has 3 heterocycles. The normalized spacial score (nSPS) is 15.3. The maximum atomic E-state index is 12.4. The predicted molar refractivity (Wildman–Crippen MR) is 108 cm³/mol. The van der Waals surface area contributed by atoms with Crippen molar-refractivity contribution in [3.8, 4) is 0 Å². The van der Waals surface area contributed by atoms with E-state index >= 15 is 0 Å². The lowest BCUT2D eigenvalue weighted by atomic mass is 10.1. The van der Waals surface area contributed by atoms with Crippen LogP contribution in [-0.4, -0.2) is 44.8 Å². The Kier molecular flexibility index (Phi) is 4.82. The zero-order valence-corrected chi connectivity index (χ0v) is 16.9. The summed E-state index contributed by atoms with van der Waals surface area (Å²) in [5.41, 5.74) is 2.38. The van der Waals surface area contributed by atoms with Crippen LogP contribution in [-0.2, 0) is 7.05 Å². The summed E-state index contributed by atoms with van der Waals surface area (Å²) in [6.07, 6.45) is 3.58. The standard InChI is InChI=1S/C19H21BrN6O/c1-12-9-17(24-25(12)2)18(27)22-15-5-7-26(8-6-15)19-21-11-13-10-14(20)3-4-16(13)23-19/h3-4,9-11,15H,5-8H2,1-2H3,(H,22,27). The number of benzene rings is 1. The minimum Gasteiger partial charge on any atom is -0.348 e. The molecule has 27 heavy (non-hydrogen) atoms. The molecule has 1 aromatic carbocycles. The van der Waals surface area contributed by atoms with Crippen LogP contribution in [0.3, 0.4) is 0 Å². The van der Waals surface area contributed by atoms with E-state index in [4.69, 9.17) is 0 Å². The van der Waals surface area contributed by atoms with Crippen molar-refractivity contribution in [2.45, 2.75) is 25.8 Å². The Labute approximate surface area is 165 Å². The molecule has 1 aliphatic rings. The summed E-state index contributed by atoms with van der Waals surface area (Å²) < 4.78 is 2.73. The Hall–Kier alpha value is -2.48. The molecule has 0 saturated carbocycles. The van der Waals surface area contributed by atoms with Crippen molar-refractivity contribution in [2.24, 2.45) is 7.05 Å². The number of rotatable bonds is 3. The molecule has 1 fully saturated rings. The molecule has 0 bridgehead atoms. The third kappa shape index (κ3) is 3.80. The van der Waals surface area contributed by atoms with Crippen LogP contribution in [0.2, 0.25) is 0 Å². The van der Waals surface area contributed by atoms with E-state index in [-0.39, 0.29) is 11.9 Å². The quantitative estimate of drug-likeness (QED) is 0.693. The van der Waals surface area contributed by atoms with E-state index in [2.05, 4.69) is 41.2 Å². The number of nitrogens with zero attached hydrogens (tertiary/aromatic N) is 5. The average Bonchev–Trinajstić information content (AvgIpc) is 3.01. The minimum atomic E-state index is -0.107. The van der Waals surface area contributed by atoms with Crippen LogP contribution in [0, 0.1) is 6.92 Å². The van der Waals surface area contributed by atoms with E-state index in [0.717, 1.165) is 52.9 Å². The van der Waals surface area contributed by atoms with Gasteiger partial charge in [0, 0.05) is 47.9 Å². The fourth-order valence-electron chi connectivity index (χ4n) is 3.30. The van der Waals surface area contributed by atoms with Crippen molar-refractivity contribution in [2.75, 3.05) is 18.0 Å². The molecule has 7 nitrogen and oxygen atoms in total. The molecular formula is C19H21BrN6O. The van der Waals surface area contributed by atoms with Gasteiger partial charge < -0.3 is 10.2 Å². The number of hydrogen-bond donors (Lipinski definition) is 1. The molecule has 2 aromatic heterocycles. The minimum absolute atomic E-state index is 0.107. The van der Waals surface area contributed by atoms with Crippen molar-refractivity contribution >= 4 is 38.7 Å². The zero-order valence-electron chi connectivity index (χ0n) is 15.3. The van der Waals surface area contributed by atoms with Gasteiger partial charge in [-0.15, -0.1) is 0 Å². The summed E-state index contributed by atoms with van der Waals surface area (Å²) in [4.78, 5) is 23.7. The summed E-state index contributed by atoms with van der Waals surface area (Å²) >= 11 is 3.47. The third-order valence-corrected chi connectivity index (χ3v) is 5.48. The average molecular weight is 429 g/mol. The van der Waals surface area contributed by atoms with Crippen molar-refractivity contribution in [1.29, 1.82) is 0 Å². The Bertz CT molecular complexity index is 974. The van der Waals surface area contributed by atoms with Crippen molar-refractivity contribution < 1.29 is 4.79 Å². The van der Waals surface area contributed by atoms with Crippen LogP contribution < -0.4 is 10.2 Å². The van der Waals surface area contributed by atoms with Gasteiger partial charge >= 0.3 is 0 Å². The highest BCUT2D eigenvalue weighted by molar-refractivity contribution is 9.10. The summed E-state index contributed by atoms with van der Waals surface area (Å²) in [5.74, 6) is 0.639. The zero-order chi connectivity index (χ0) is 19.0. The first-order valence-corrected chi connectivity index (χ1v) is 9.77. The molecule has 1 amide bonds. The van der Waals surface area contributed by atoms with Gasteiger partial charge in [-0.25, -0.2) is 9.97 Å². The molecule has 140 valence electrons. The van der Waals surface area contributed by atoms with E-state index in [0.29, 0.717) is 5.69 Å². The second kappa shape index (κ2) is 7.26. The molecule has 0 unspecified atom stereocenters. The topological polar surface area (TPSA) is 75.9 Å². The molecule has 0 aliphatic carbocycles. The Morgan fingerprint density at radius 3 is 2.74 bits per heavy atom. The van der Waals surface area contributed by atoms with Gasteiger partial charge in [0.15, 0.2) is 0 Å². The number of fused-ring (bicyclic) bond motifs is 1. The van der Waals surface area contributed by atoms with Gasteiger partial charge in [0.2, 0.25) is 5.95 Å². The molecule has 0 atom stereocenters. The van der Waals surface area contributed by atoms with E-state index in [9.17, 15) is 4.79 Å². The number of hydrogen-bond acceptors (Lipinski definition) is 5. The lowest BCUT2D eigenvalue weighted by Gasteiger charge is -2.32. The lowest BCUT2D eigenvalue weighted by molar-refractivity contribution is 0.0925. The van der Waals surface area contributed by atoms with Crippen LogP contribution in [0.15, 0.2) is 34.9 Å². The molecular weight excluding hydrogens is 408 g/mol. The molecule has 1 N–H and O–H groups in total. The number of carbonyl (C=O) groups excluding carboxylic acids is 1. The van der Waals surface area contributed by atoms with Crippen molar-refractivity contribution in [3.63, 3.8) is 0 Å². The second-order valence-corrected chi connectivity index (χ2v) is 7.82. The number of halogens is 1. The first-order chi connectivity index (χ1) is 13.0. The fourth-order valence-corrected chi connectivity index (χ4v) is 3.68. The number of carbonyl (C=O) groups is 1. The van der Waals surface area contributed by atoms with Crippen LogP contribution in [0.4, 0.5) is 5.95 Å². The number of piperidine rings is 1. The van der Waals surface area contributed by atoms with Gasteiger partial charge in [0.25, 0.3) is 5.91 Å². The molecule has 4 rings (SSSR count). The fraction of sp³-hybridized carbons (Fsp3) is 0.368. The van der Waals surface area contributed by atoms with E-state index < -0.39 is 0 Å². The predicted octanol–water partition coefficient (Wildman–Crippen LogP) is 2.83. The highest BCUT2D eigenvalue weighted by Gasteiger charge is 2.23. The summed E-state index contributed by atoms with van der Waals surface area (Å²) in [6, 6.07) is 7.95. The highest BCUT2D eigenvalue weighted by Crippen LogP contribution is 2.22. The number of anilines is 1.